The van der Waals surface area contributed by atoms with E-state index in [-0.39, 0.29) is 6.10 Å². The fourth-order valence-corrected chi connectivity index (χ4v) is 2.35. The van der Waals surface area contributed by atoms with Gasteiger partial charge in [-0.1, -0.05) is 13.8 Å². The van der Waals surface area contributed by atoms with Crippen LogP contribution >= 0.6 is 11.3 Å². The second kappa shape index (κ2) is 4.60. The zero-order chi connectivity index (χ0) is 11.6. The lowest BCUT2D eigenvalue weighted by Crippen LogP contribution is -2.44. The Balaban J connectivity index is 2.95. The lowest BCUT2D eigenvalue weighted by atomic mass is 9.98. The van der Waals surface area contributed by atoms with E-state index < -0.39 is 5.54 Å². The van der Waals surface area contributed by atoms with Crippen LogP contribution < -0.4 is 5.73 Å². The zero-order valence-electron chi connectivity index (χ0n) is 10.1. The van der Waals surface area contributed by atoms with Crippen molar-refractivity contribution in [3.8, 4) is 0 Å². The molecule has 4 heteroatoms. The molecule has 1 rings (SSSR count). The summed E-state index contributed by atoms with van der Waals surface area (Å²) in [6, 6.07) is 0. The molecule has 1 aromatic rings. The van der Waals surface area contributed by atoms with Crippen molar-refractivity contribution in [1.29, 1.82) is 0 Å². The first-order chi connectivity index (χ1) is 6.89. The van der Waals surface area contributed by atoms with E-state index in [0.717, 1.165) is 10.7 Å². The van der Waals surface area contributed by atoms with Gasteiger partial charge in [0, 0.05) is 12.5 Å². The number of rotatable bonds is 4. The number of nitrogens with two attached hydrogens (primary N) is 1. The third-order valence-corrected chi connectivity index (χ3v) is 3.89. The highest BCUT2D eigenvalue weighted by atomic mass is 32.1. The number of ether oxygens (including phenoxy) is 1. The summed E-state index contributed by atoms with van der Waals surface area (Å²) in [6.07, 6.45) is -0.0383. The van der Waals surface area contributed by atoms with Crippen LogP contribution in [0.3, 0.4) is 0 Å². The summed E-state index contributed by atoms with van der Waals surface area (Å²) in [4.78, 5) is 4.56. The Morgan fingerprint density at radius 2 is 2.07 bits per heavy atom. The molecule has 2 unspecified atom stereocenters. The molecule has 0 spiro atoms. The summed E-state index contributed by atoms with van der Waals surface area (Å²) >= 11 is 1.61. The van der Waals surface area contributed by atoms with E-state index in [2.05, 4.69) is 24.2 Å². The van der Waals surface area contributed by atoms with Gasteiger partial charge >= 0.3 is 0 Å². The summed E-state index contributed by atoms with van der Waals surface area (Å²) < 4.78 is 5.28. The minimum Gasteiger partial charge on any atom is -0.379 e. The number of methoxy groups -OCH3 is 1. The molecule has 0 fully saturated rings. The molecule has 0 aromatic carbocycles. The van der Waals surface area contributed by atoms with Crippen molar-refractivity contribution in [3.05, 3.63) is 16.1 Å². The fraction of sp³-hybridized carbons (Fsp3) is 0.727. The van der Waals surface area contributed by atoms with E-state index in [0.29, 0.717) is 5.92 Å². The molecule has 15 heavy (non-hydrogen) atoms. The van der Waals surface area contributed by atoms with Gasteiger partial charge in [-0.25, -0.2) is 4.98 Å². The molecule has 0 aliphatic heterocycles. The molecule has 0 saturated heterocycles. The van der Waals surface area contributed by atoms with Gasteiger partial charge < -0.3 is 10.5 Å². The second-order valence-corrected chi connectivity index (χ2v) is 5.25. The molecule has 86 valence electrons. The van der Waals surface area contributed by atoms with Crippen LogP contribution in [0.25, 0.3) is 0 Å². The fourth-order valence-electron chi connectivity index (χ4n) is 1.22. The summed E-state index contributed by atoms with van der Waals surface area (Å²) in [7, 11) is 1.67. The number of thiazole rings is 1. The van der Waals surface area contributed by atoms with Crippen LogP contribution in [0.2, 0.25) is 0 Å². The van der Waals surface area contributed by atoms with E-state index in [4.69, 9.17) is 10.5 Å². The van der Waals surface area contributed by atoms with Crippen LogP contribution in [-0.2, 0) is 10.3 Å². The van der Waals surface area contributed by atoms with Crippen molar-refractivity contribution in [2.45, 2.75) is 45.3 Å². The third-order valence-electron chi connectivity index (χ3n) is 2.77. The number of nitrogens with zero attached hydrogens (tertiary/aromatic N) is 1. The van der Waals surface area contributed by atoms with Gasteiger partial charge in [-0.3, -0.25) is 0 Å². The lowest BCUT2D eigenvalue weighted by Gasteiger charge is -2.28. The highest BCUT2D eigenvalue weighted by Gasteiger charge is 2.32. The third kappa shape index (κ3) is 2.56. The number of aromatic nitrogens is 1. The van der Waals surface area contributed by atoms with Crippen LogP contribution in [0.15, 0.2) is 5.38 Å². The van der Waals surface area contributed by atoms with Gasteiger partial charge in [0.1, 0.15) is 5.01 Å². The average Bonchev–Trinajstić information content (AvgIpc) is 2.65. The minimum absolute atomic E-state index is 0.0383. The van der Waals surface area contributed by atoms with Crippen molar-refractivity contribution in [2.75, 3.05) is 7.11 Å². The molecule has 0 amide bonds. The minimum atomic E-state index is -0.507. The maximum atomic E-state index is 6.23. The molecule has 0 aliphatic carbocycles. The molecule has 2 N–H and O–H groups in total. The van der Waals surface area contributed by atoms with Crippen LogP contribution in [0.4, 0.5) is 0 Å². The first kappa shape index (κ1) is 12.6. The largest absolute Gasteiger partial charge is 0.379 e. The van der Waals surface area contributed by atoms with Crippen molar-refractivity contribution < 1.29 is 4.74 Å². The molecular weight excluding hydrogens is 208 g/mol. The monoisotopic (exact) mass is 228 g/mol. The van der Waals surface area contributed by atoms with Gasteiger partial charge in [0.15, 0.2) is 0 Å². The maximum absolute atomic E-state index is 6.23. The number of hydrogen-bond donors (Lipinski definition) is 1. The Labute approximate surface area is 95.7 Å². The predicted octanol–water partition coefficient (Wildman–Crippen LogP) is 2.48. The Kier molecular flexibility index (Phi) is 3.87. The standard InChI is InChI=1S/C11H20N2OS/c1-7(2)9-6-15-10(13-9)11(4,12)8(3)14-5/h6-8H,12H2,1-5H3. The van der Waals surface area contributed by atoms with Crippen molar-refractivity contribution >= 4 is 11.3 Å². The number of hydrogen-bond acceptors (Lipinski definition) is 4. The molecule has 1 aromatic heterocycles. The van der Waals surface area contributed by atoms with Crippen molar-refractivity contribution in [2.24, 2.45) is 5.73 Å². The Hall–Kier alpha value is -0.450. The molecule has 0 aliphatic rings. The molecule has 2 atom stereocenters. The molecule has 3 nitrogen and oxygen atoms in total. The van der Waals surface area contributed by atoms with E-state index in [9.17, 15) is 0 Å². The smallest absolute Gasteiger partial charge is 0.115 e. The lowest BCUT2D eigenvalue weighted by molar-refractivity contribution is 0.0552. The van der Waals surface area contributed by atoms with Gasteiger partial charge in [0.05, 0.1) is 17.3 Å². The quantitative estimate of drug-likeness (QED) is 0.861. The first-order valence-corrected chi connectivity index (χ1v) is 6.05. The van der Waals surface area contributed by atoms with Crippen LogP contribution in [0.5, 0.6) is 0 Å². The summed E-state index contributed by atoms with van der Waals surface area (Å²) in [5.41, 5.74) is 6.83. The molecule has 0 radical (unpaired) electrons. The maximum Gasteiger partial charge on any atom is 0.115 e. The van der Waals surface area contributed by atoms with E-state index in [1.807, 2.05) is 13.8 Å². The highest BCUT2D eigenvalue weighted by Crippen LogP contribution is 2.28. The average molecular weight is 228 g/mol. The topological polar surface area (TPSA) is 48.1 Å². The Morgan fingerprint density at radius 3 is 2.47 bits per heavy atom. The summed E-state index contributed by atoms with van der Waals surface area (Å²) in [5, 5.41) is 3.02. The van der Waals surface area contributed by atoms with Crippen molar-refractivity contribution in [3.63, 3.8) is 0 Å². The van der Waals surface area contributed by atoms with Gasteiger partial charge in [-0.15, -0.1) is 11.3 Å². The zero-order valence-corrected chi connectivity index (χ0v) is 10.9. The molecule has 1 heterocycles. The normalized spacial score (nSPS) is 17.8. The van der Waals surface area contributed by atoms with E-state index in [1.54, 1.807) is 18.4 Å². The van der Waals surface area contributed by atoms with Crippen LogP contribution in [-0.4, -0.2) is 18.2 Å². The van der Waals surface area contributed by atoms with Crippen LogP contribution in [0, 0.1) is 0 Å². The summed E-state index contributed by atoms with van der Waals surface area (Å²) in [6.45, 7) is 8.19. The van der Waals surface area contributed by atoms with E-state index in [1.165, 1.54) is 0 Å². The molecule has 0 saturated carbocycles. The SMILES string of the molecule is COC(C)C(C)(N)c1nc(C(C)C)cs1. The summed E-state index contributed by atoms with van der Waals surface area (Å²) in [5.74, 6) is 0.448. The Bertz CT molecular complexity index is 320. The second-order valence-electron chi connectivity index (χ2n) is 4.39. The predicted molar refractivity (Wildman–Crippen MR) is 64.2 cm³/mol. The first-order valence-electron chi connectivity index (χ1n) is 5.17. The molecule has 0 bridgehead atoms. The van der Waals surface area contributed by atoms with E-state index >= 15 is 0 Å². The van der Waals surface area contributed by atoms with Gasteiger partial charge in [0.2, 0.25) is 0 Å². The van der Waals surface area contributed by atoms with Gasteiger partial charge in [-0.2, -0.15) is 0 Å². The van der Waals surface area contributed by atoms with Crippen molar-refractivity contribution in [1.82, 2.24) is 4.98 Å². The Morgan fingerprint density at radius 1 is 1.47 bits per heavy atom. The van der Waals surface area contributed by atoms with Gasteiger partial charge in [-0.05, 0) is 19.8 Å². The van der Waals surface area contributed by atoms with Gasteiger partial charge in [0.25, 0.3) is 0 Å². The highest BCUT2D eigenvalue weighted by molar-refractivity contribution is 7.09. The van der Waals surface area contributed by atoms with Crippen LogP contribution in [0.1, 0.15) is 44.3 Å². The molecular formula is C11H20N2OS.